The number of hydrogen-bond donors (Lipinski definition) is 3. The van der Waals surface area contributed by atoms with Crippen molar-refractivity contribution >= 4 is 35.8 Å². The molecule has 1 aromatic rings. The van der Waals surface area contributed by atoms with E-state index in [0.29, 0.717) is 30.8 Å². The standard InChI is InChI=1S/C15H23N3O2S/c1-11-4-5-12(16-15(20)7-9-21)10-13(11)17-14(19)6-8-18(2)3/h4-5,10,21H,6-9H2,1-3H3,(H,16,20)(H,17,19). The van der Waals surface area contributed by atoms with Crippen molar-refractivity contribution in [3.05, 3.63) is 23.8 Å². The summed E-state index contributed by atoms with van der Waals surface area (Å²) in [6, 6.07) is 5.47. The molecule has 0 aliphatic rings. The highest BCUT2D eigenvalue weighted by molar-refractivity contribution is 7.80. The van der Waals surface area contributed by atoms with E-state index in [9.17, 15) is 9.59 Å². The average Bonchev–Trinajstić information content (AvgIpc) is 2.40. The molecule has 0 heterocycles. The van der Waals surface area contributed by atoms with Crippen molar-refractivity contribution in [1.29, 1.82) is 0 Å². The molecule has 5 nitrogen and oxygen atoms in total. The molecule has 116 valence electrons. The molecule has 0 unspecified atom stereocenters. The fourth-order valence-corrected chi connectivity index (χ4v) is 1.90. The first-order valence-corrected chi connectivity index (χ1v) is 7.51. The minimum absolute atomic E-state index is 0.0364. The van der Waals surface area contributed by atoms with Crippen LogP contribution in [0.5, 0.6) is 0 Å². The quantitative estimate of drug-likeness (QED) is 0.676. The third kappa shape index (κ3) is 6.64. The number of nitrogens with zero attached hydrogens (tertiary/aromatic N) is 1. The van der Waals surface area contributed by atoms with Crippen LogP contribution in [0.3, 0.4) is 0 Å². The topological polar surface area (TPSA) is 61.4 Å². The van der Waals surface area contributed by atoms with Crippen LogP contribution in [0.1, 0.15) is 18.4 Å². The van der Waals surface area contributed by atoms with E-state index in [2.05, 4.69) is 23.3 Å². The molecule has 0 bridgehead atoms. The molecular weight excluding hydrogens is 286 g/mol. The van der Waals surface area contributed by atoms with E-state index in [-0.39, 0.29) is 11.8 Å². The van der Waals surface area contributed by atoms with Gasteiger partial charge in [0.15, 0.2) is 0 Å². The van der Waals surface area contributed by atoms with E-state index in [1.807, 2.05) is 38.1 Å². The normalized spacial score (nSPS) is 10.5. The molecule has 0 saturated carbocycles. The molecule has 0 aliphatic carbocycles. The summed E-state index contributed by atoms with van der Waals surface area (Å²) in [5, 5.41) is 5.67. The molecule has 0 radical (unpaired) electrons. The van der Waals surface area contributed by atoms with Gasteiger partial charge in [-0.1, -0.05) is 6.07 Å². The van der Waals surface area contributed by atoms with Crippen molar-refractivity contribution in [2.45, 2.75) is 19.8 Å². The van der Waals surface area contributed by atoms with Crippen molar-refractivity contribution in [3.8, 4) is 0 Å². The molecule has 0 atom stereocenters. The molecule has 0 fully saturated rings. The molecule has 1 aromatic carbocycles. The molecule has 2 N–H and O–H groups in total. The first kappa shape index (κ1) is 17.5. The SMILES string of the molecule is Cc1ccc(NC(=O)CCS)cc1NC(=O)CCN(C)C. The molecule has 0 saturated heterocycles. The van der Waals surface area contributed by atoms with Crippen molar-refractivity contribution < 1.29 is 9.59 Å². The predicted molar refractivity (Wildman–Crippen MR) is 90.1 cm³/mol. The lowest BCUT2D eigenvalue weighted by Crippen LogP contribution is -2.21. The molecule has 0 aliphatic heterocycles. The Hall–Kier alpha value is -1.53. The van der Waals surface area contributed by atoms with Crippen molar-refractivity contribution in [2.24, 2.45) is 0 Å². The van der Waals surface area contributed by atoms with Crippen LogP contribution in [-0.2, 0) is 9.59 Å². The molecule has 2 amide bonds. The molecule has 1 rings (SSSR count). The number of hydrogen-bond acceptors (Lipinski definition) is 4. The number of carbonyl (C=O) groups is 2. The second-order valence-electron chi connectivity index (χ2n) is 5.15. The van der Waals surface area contributed by atoms with Gasteiger partial charge in [0.25, 0.3) is 0 Å². The highest BCUT2D eigenvalue weighted by Gasteiger charge is 2.08. The van der Waals surface area contributed by atoms with Gasteiger partial charge in [-0.3, -0.25) is 9.59 Å². The number of thiol groups is 1. The van der Waals surface area contributed by atoms with Gasteiger partial charge in [0, 0.05) is 30.8 Å². The van der Waals surface area contributed by atoms with Gasteiger partial charge in [-0.05, 0) is 44.5 Å². The van der Waals surface area contributed by atoms with Gasteiger partial charge in [-0.25, -0.2) is 0 Å². The summed E-state index contributed by atoms with van der Waals surface area (Å²) in [7, 11) is 3.85. The third-order valence-corrected chi connectivity index (χ3v) is 3.14. The maximum absolute atomic E-state index is 11.9. The zero-order valence-electron chi connectivity index (χ0n) is 12.8. The Morgan fingerprint density at radius 3 is 2.43 bits per heavy atom. The van der Waals surface area contributed by atoms with E-state index >= 15 is 0 Å². The fourth-order valence-electron chi connectivity index (χ4n) is 1.70. The summed E-state index contributed by atoms with van der Waals surface area (Å²) in [5.74, 6) is 0.385. The maximum Gasteiger partial charge on any atom is 0.225 e. The van der Waals surface area contributed by atoms with Crippen LogP contribution in [0.2, 0.25) is 0 Å². The number of aryl methyl sites for hydroxylation is 1. The Morgan fingerprint density at radius 1 is 1.14 bits per heavy atom. The predicted octanol–water partition coefficient (Wildman–Crippen LogP) is 2.14. The largest absolute Gasteiger partial charge is 0.326 e. The van der Waals surface area contributed by atoms with Gasteiger partial charge >= 0.3 is 0 Å². The van der Waals surface area contributed by atoms with Gasteiger partial charge in [0.1, 0.15) is 0 Å². The Bertz CT molecular complexity index is 504. The first-order chi connectivity index (χ1) is 9.92. The summed E-state index contributed by atoms with van der Waals surface area (Å²) < 4.78 is 0. The van der Waals surface area contributed by atoms with Crippen LogP contribution in [0.25, 0.3) is 0 Å². The summed E-state index contributed by atoms with van der Waals surface area (Å²) in [6.07, 6.45) is 0.796. The average molecular weight is 309 g/mol. The Morgan fingerprint density at radius 2 is 1.81 bits per heavy atom. The van der Waals surface area contributed by atoms with Crippen LogP contribution in [0, 0.1) is 6.92 Å². The Kier molecular flexibility index (Phi) is 7.25. The van der Waals surface area contributed by atoms with E-state index in [1.165, 1.54) is 0 Å². The summed E-state index contributed by atoms with van der Waals surface area (Å²) in [5.41, 5.74) is 2.36. The van der Waals surface area contributed by atoms with Gasteiger partial charge in [0.05, 0.1) is 0 Å². The minimum Gasteiger partial charge on any atom is -0.326 e. The number of anilines is 2. The van der Waals surface area contributed by atoms with Gasteiger partial charge in [-0.15, -0.1) is 0 Å². The lowest BCUT2D eigenvalue weighted by Gasteiger charge is -2.13. The molecule has 21 heavy (non-hydrogen) atoms. The number of nitrogens with one attached hydrogen (secondary N) is 2. The fraction of sp³-hybridized carbons (Fsp3) is 0.467. The van der Waals surface area contributed by atoms with Crippen LogP contribution in [-0.4, -0.2) is 43.1 Å². The Balaban J connectivity index is 2.69. The van der Waals surface area contributed by atoms with Crippen LogP contribution in [0.4, 0.5) is 11.4 Å². The number of rotatable bonds is 7. The van der Waals surface area contributed by atoms with Crippen LogP contribution >= 0.6 is 12.6 Å². The number of benzene rings is 1. The first-order valence-electron chi connectivity index (χ1n) is 6.88. The summed E-state index contributed by atoms with van der Waals surface area (Å²) in [4.78, 5) is 25.4. The second-order valence-corrected chi connectivity index (χ2v) is 5.60. The summed E-state index contributed by atoms with van der Waals surface area (Å²) in [6.45, 7) is 2.62. The smallest absolute Gasteiger partial charge is 0.225 e. The lowest BCUT2D eigenvalue weighted by atomic mass is 10.1. The highest BCUT2D eigenvalue weighted by atomic mass is 32.1. The van der Waals surface area contributed by atoms with E-state index in [0.717, 1.165) is 11.3 Å². The number of carbonyl (C=O) groups excluding carboxylic acids is 2. The van der Waals surface area contributed by atoms with Crippen LogP contribution < -0.4 is 10.6 Å². The van der Waals surface area contributed by atoms with Crippen molar-refractivity contribution in [1.82, 2.24) is 4.90 Å². The molecular formula is C15H23N3O2S. The minimum atomic E-state index is -0.0845. The van der Waals surface area contributed by atoms with Gasteiger partial charge < -0.3 is 15.5 Å². The van der Waals surface area contributed by atoms with Crippen molar-refractivity contribution in [2.75, 3.05) is 37.0 Å². The highest BCUT2D eigenvalue weighted by Crippen LogP contribution is 2.20. The molecule has 6 heteroatoms. The van der Waals surface area contributed by atoms with Gasteiger partial charge in [-0.2, -0.15) is 12.6 Å². The van der Waals surface area contributed by atoms with Gasteiger partial charge in [0.2, 0.25) is 11.8 Å². The maximum atomic E-state index is 11.9. The van der Waals surface area contributed by atoms with E-state index in [1.54, 1.807) is 6.07 Å². The van der Waals surface area contributed by atoms with E-state index in [4.69, 9.17) is 0 Å². The lowest BCUT2D eigenvalue weighted by molar-refractivity contribution is -0.116. The van der Waals surface area contributed by atoms with E-state index < -0.39 is 0 Å². The summed E-state index contributed by atoms with van der Waals surface area (Å²) >= 11 is 4.03. The zero-order valence-corrected chi connectivity index (χ0v) is 13.7. The Labute approximate surface area is 131 Å². The second kappa shape index (κ2) is 8.69. The number of amides is 2. The molecule has 0 aromatic heterocycles. The molecule has 0 spiro atoms. The zero-order chi connectivity index (χ0) is 15.8. The monoisotopic (exact) mass is 309 g/mol. The van der Waals surface area contributed by atoms with Crippen molar-refractivity contribution in [3.63, 3.8) is 0 Å². The third-order valence-electron chi connectivity index (χ3n) is 2.92. The van der Waals surface area contributed by atoms with Crippen LogP contribution in [0.15, 0.2) is 18.2 Å².